The van der Waals surface area contributed by atoms with Crippen molar-refractivity contribution in [2.24, 2.45) is 0 Å². The lowest BCUT2D eigenvalue weighted by Gasteiger charge is -2.04. The van der Waals surface area contributed by atoms with Gasteiger partial charge in [-0.2, -0.15) is 0 Å². The lowest BCUT2D eigenvalue weighted by atomic mass is 10.2. The Kier molecular flexibility index (Phi) is 2.87. The molecule has 0 bridgehead atoms. The number of halogens is 1. The van der Waals surface area contributed by atoms with E-state index in [1.54, 1.807) is 13.8 Å². The molecule has 6 heteroatoms. The van der Waals surface area contributed by atoms with E-state index in [9.17, 15) is 13.2 Å². The molecule has 0 aliphatic carbocycles. The van der Waals surface area contributed by atoms with Crippen LogP contribution in [-0.4, -0.2) is 24.9 Å². The number of carbonyl (C=O) groups excluding carboxylic acids is 1. The maximum Gasteiger partial charge on any atom is 0.236 e. The molecule has 0 amide bonds. The van der Waals surface area contributed by atoms with Crippen LogP contribution in [0.25, 0.3) is 0 Å². The Labute approximate surface area is 91.1 Å². The van der Waals surface area contributed by atoms with Gasteiger partial charge in [-0.05, 0) is 35.3 Å². The van der Waals surface area contributed by atoms with Gasteiger partial charge in [0.05, 0.1) is 6.26 Å². The van der Waals surface area contributed by atoms with Crippen LogP contribution in [0.4, 0.5) is 0 Å². The molecule has 0 radical (unpaired) electrons. The summed E-state index contributed by atoms with van der Waals surface area (Å²) < 4.78 is 24.3. The Morgan fingerprint density at radius 3 is 2.07 bits per heavy atom. The van der Waals surface area contributed by atoms with E-state index in [0.29, 0.717) is 27.7 Å². The van der Waals surface area contributed by atoms with Crippen LogP contribution >= 0.6 is 15.9 Å². The molecule has 0 N–H and O–H groups in total. The lowest BCUT2D eigenvalue weighted by molar-refractivity contribution is 0.112. The molecule has 1 heterocycles. The summed E-state index contributed by atoms with van der Waals surface area (Å²) in [7, 11) is -3.37. The summed E-state index contributed by atoms with van der Waals surface area (Å²) in [6.45, 7) is 3.30. The molecule has 0 fully saturated rings. The van der Waals surface area contributed by atoms with E-state index in [2.05, 4.69) is 15.9 Å². The fourth-order valence-corrected chi connectivity index (χ4v) is 3.65. The summed E-state index contributed by atoms with van der Waals surface area (Å²) in [5.41, 5.74) is 1.50. The van der Waals surface area contributed by atoms with Crippen LogP contribution in [0.1, 0.15) is 21.6 Å². The van der Waals surface area contributed by atoms with E-state index in [-0.39, 0.29) is 0 Å². The SMILES string of the molecule is Cc1c(C=O)c(C)n(S(C)(=O)=O)c1Br. The quantitative estimate of drug-likeness (QED) is 0.771. The third-order valence-electron chi connectivity index (χ3n) is 2.04. The molecular weight excluding hydrogens is 270 g/mol. The van der Waals surface area contributed by atoms with Crippen LogP contribution < -0.4 is 0 Å². The highest BCUT2D eigenvalue weighted by atomic mass is 79.9. The van der Waals surface area contributed by atoms with Crippen LogP contribution in [0.3, 0.4) is 0 Å². The summed E-state index contributed by atoms with van der Waals surface area (Å²) in [5, 5.41) is 0. The van der Waals surface area contributed by atoms with Gasteiger partial charge in [0.25, 0.3) is 0 Å². The minimum absolute atomic E-state index is 0.416. The van der Waals surface area contributed by atoms with Crippen LogP contribution in [0, 0.1) is 13.8 Å². The van der Waals surface area contributed by atoms with Crippen LogP contribution in [0.5, 0.6) is 0 Å². The van der Waals surface area contributed by atoms with E-state index in [0.717, 1.165) is 10.2 Å². The van der Waals surface area contributed by atoms with Crippen molar-refractivity contribution in [3.63, 3.8) is 0 Å². The summed E-state index contributed by atoms with van der Waals surface area (Å²) >= 11 is 3.15. The first-order valence-electron chi connectivity index (χ1n) is 3.83. The molecule has 1 aromatic rings. The van der Waals surface area contributed by atoms with Crippen molar-refractivity contribution in [1.82, 2.24) is 3.97 Å². The molecule has 0 unspecified atom stereocenters. The van der Waals surface area contributed by atoms with Gasteiger partial charge in [0.1, 0.15) is 4.60 Å². The number of nitrogens with zero attached hydrogens (tertiary/aromatic N) is 1. The Morgan fingerprint density at radius 1 is 1.36 bits per heavy atom. The first kappa shape index (κ1) is 11.5. The molecule has 4 nitrogen and oxygen atoms in total. The normalized spacial score (nSPS) is 11.7. The van der Waals surface area contributed by atoms with Gasteiger partial charge in [-0.25, -0.2) is 12.4 Å². The first-order valence-corrected chi connectivity index (χ1v) is 6.48. The molecule has 78 valence electrons. The summed E-state index contributed by atoms with van der Waals surface area (Å²) in [5.74, 6) is 0. The van der Waals surface area contributed by atoms with Crippen molar-refractivity contribution < 1.29 is 13.2 Å². The van der Waals surface area contributed by atoms with Crippen LogP contribution in [-0.2, 0) is 10.0 Å². The van der Waals surface area contributed by atoms with Gasteiger partial charge >= 0.3 is 0 Å². The van der Waals surface area contributed by atoms with Crippen molar-refractivity contribution in [2.75, 3.05) is 6.26 Å². The average Bonchev–Trinajstić information content (AvgIpc) is 2.22. The van der Waals surface area contributed by atoms with Gasteiger partial charge in [0.2, 0.25) is 10.0 Å². The second kappa shape index (κ2) is 3.51. The third kappa shape index (κ3) is 1.64. The van der Waals surface area contributed by atoms with Gasteiger partial charge in [0, 0.05) is 11.3 Å². The number of hydrogen-bond donors (Lipinski definition) is 0. The molecular formula is C8H10BrNO3S. The largest absolute Gasteiger partial charge is 0.298 e. The second-order valence-electron chi connectivity index (χ2n) is 3.06. The predicted molar refractivity (Wildman–Crippen MR) is 57.2 cm³/mol. The molecule has 14 heavy (non-hydrogen) atoms. The minimum Gasteiger partial charge on any atom is -0.298 e. The number of hydrogen-bond acceptors (Lipinski definition) is 3. The second-order valence-corrected chi connectivity index (χ2v) is 5.64. The number of carbonyl (C=O) groups is 1. The maximum atomic E-state index is 11.4. The number of rotatable bonds is 2. The highest BCUT2D eigenvalue weighted by Gasteiger charge is 2.20. The van der Waals surface area contributed by atoms with Crippen LogP contribution in [0.15, 0.2) is 4.60 Å². The van der Waals surface area contributed by atoms with Gasteiger partial charge in [-0.15, -0.1) is 0 Å². The van der Waals surface area contributed by atoms with Crippen molar-refractivity contribution in [2.45, 2.75) is 13.8 Å². The predicted octanol–water partition coefficient (Wildman–Crippen LogP) is 1.49. The molecule has 0 aliphatic rings. The fourth-order valence-electron chi connectivity index (χ4n) is 1.36. The van der Waals surface area contributed by atoms with E-state index < -0.39 is 10.0 Å². The molecule has 0 saturated heterocycles. The van der Waals surface area contributed by atoms with Crippen molar-refractivity contribution in [1.29, 1.82) is 0 Å². The average molecular weight is 280 g/mol. The van der Waals surface area contributed by atoms with Gasteiger partial charge in [-0.1, -0.05) is 0 Å². The molecule has 1 rings (SSSR count). The Bertz CT molecular complexity index is 487. The Hall–Kier alpha value is -0.620. The zero-order valence-corrected chi connectivity index (χ0v) is 10.4. The summed E-state index contributed by atoms with van der Waals surface area (Å²) in [6, 6.07) is 0. The van der Waals surface area contributed by atoms with Gasteiger partial charge in [0.15, 0.2) is 6.29 Å². The van der Waals surface area contributed by atoms with Crippen molar-refractivity contribution in [3.05, 3.63) is 21.4 Å². The molecule has 0 spiro atoms. The summed E-state index contributed by atoms with van der Waals surface area (Å²) in [6.07, 6.45) is 1.76. The van der Waals surface area contributed by atoms with E-state index in [1.165, 1.54) is 0 Å². The van der Waals surface area contributed by atoms with E-state index in [1.807, 2.05) is 0 Å². The molecule has 0 saturated carbocycles. The zero-order chi connectivity index (χ0) is 11.1. The van der Waals surface area contributed by atoms with E-state index in [4.69, 9.17) is 0 Å². The molecule has 0 atom stereocenters. The monoisotopic (exact) mass is 279 g/mol. The first-order chi connectivity index (χ1) is 6.30. The van der Waals surface area contributed by atoms with Crippen molar-refractivity contribution >= 4 is 32.2 Å². The Balaban J connectivity index is 3.71. The molecule has 0 aromatic carbocycles. The fraction of sp³-hybridized carbons (Fsp3) is 0.375. The lowest BCUT2D eigenvalue weighted by Crippen LogP contribution is -2.12. The summed E-state index contributed by atoms with van der Waals surface area (Å²) in [4.78, 5) is 10.7. The van der Waals surface area contributed by atoms with Crippen molar-refractivity contribution in [3.8, 4) is 0 Å². The Morgan fingerprint density at radius 2 is 1.86 bits per heavy atom. The molecule has 0 aliphatic heterocycles. The van der Waals surface area contributed by atoms with Gasteiger partial charge in [-0.3, -0.25) is 4.79 Å². The third-order valence-corrected chi connectivity index (χ3v) is 4.34. The smallest absolute Gasteiger partial charge is 0.236 e. The number of aromatic nitrogens is 1. The highest BCUT2D eigenvalue weighted by Crippen LogP contribution is 2.26. The topological polar surface area (TPSA) is 56.1 Å². The minimum atomic E-state index is -3.37. The highest BCUT2D eigenvalue weighted by molar-refractivity contribution is 9.10. The zero-order valence-electron chi connectivity index (χ0n) is 8.04. The number of aldehydes is 1. The maximum absolute atomic E-state index is 11.4. The molecule has 1 aromatic heterocycles. The van der Waals surface area contributed by atoms with Crippen LogP contribution in [0.2, 0.25) is 0 Å². The standard InChI is InChI=1S/C8H10BrNO3S/c1-5-7(4-11)6(2)10(8(5)9)14(3,12)13/h4H,1-3H3. The van der Waals surface area contributed by atoms with E-state index >= 15 is 0 Å². The van der Waals surface area contributed by atoms with Gasteiger partial charge < -0.3 is 0 Å².